The number of carbonyl (C=O) groups excluding carboxylic acids is 1. The molecule has 2 N–H and O–H groups in total. The molecule has 2 aromatic rings. The van der Waals surface area contributed by atoms with E-state index >= 15 is 0 Å². The Bertz CT molecular complexity index is 893. The fourth-order valence-electron chi connectivity index (χ4n) is 3.56. The Labute approximate surface area is 158 Å². The lowest BCUT2D eigenvalue weighted by Gasteiger charge is -2.35. The summed E-state index contributed by atoms with van der Waals surface area (Å²) in [6.07, 6.45) is 1.45. The summed E-state index contributed by atoms with van der Waals surface area (Å²) in [5, 5.41) is 2.97. The number of aryl methyl sites for hydroxylation is 2. The number of aromatic amines is 1. The van der Waals surface area contributed by atoms with Crippen LogP contribution in [-0.2, 0) is 11.3 Å². The van der Waals surface area contributed by atoms with Crippen molar-refractivity contribution in [3.8, 4) is 0 Å². The molecule has 1 saturated heterocycles. The predicted octanol–water partition coefficient (Wildman–Crippen LogP) is 2.55. The van der Waals surface area contributed by atoms with Gasteiger partial charge in [0.25, 0.3) is 0 Å². The standard InChI is InChI=1S/C19H29N5O3/c1-6-24-16-15(22-17(24)25)14(10-12(2)20-16)23-9-7-8-13(11-23)21-18(26)27-19(3,4)5/h10,13H,6-9,11H2,1-5H3,(H,21,26)(H,22,25). The molecule has 0 radical (unpaired) electrons. The average molecular weight is 375 g/mol. The van der Waals surface area contributed by atoms with Gasteiger partial charge in [0.2, 0.25) is 0 Å². The maximum absolute atomic E-state index is 12.2. The number of hydrogen-bond acceptors (Lipinski definition) is 5. The molecule has 1 aliphatic heterocycles. The highest BCUT2D eigenvalue weighted by Crippen LogP contribution is 2.27. The Balaban J connectivity index is 1.84. The molecular formula is C19H29N5O3. The van der Waals surface area contributed by atoms with Gasteiger partial charge in [-0.1, -0.05) is 0 Å². The number of piperidine rings is 1. The minimum atomic E-state index is -0.518. The van der Waals surface area contributed by atoms with E-state index in [1.54, 1.807) is 4.57 Å². The normalized spacial score (nSPS) is 18.0. The number of pyridine rings is 1. The van der Waals surface area contributed by atoms with E-state index in [-0.39, 0.29) is 11.7 Å². The third-order valence-electron chi connectivity index (χ3n) is 4.64. The van der Waals surface area contributed by atoms with E-state index in [0.717, 1.165) is 36.3 Å². The second kappa shape index (κ2) is 7.25. The molecule has 1 aliphatic rings. The van der Waals surface area contributed by atoms with E-state index in [0.29, 0.717) is 18.7 Å². The van der Waals surface area contributed by atoms with Gasteiger partial charge in [-0.2, -0.15) is 0 Å². The number of alkyl carbamates (subject to hydrolysis) is 1. The topological polar surface area (TPSA) is 92.2 Å². The number of anilines is 1. The number of ether oxygens (including phenoxy) is 1. The first-order valence-electron chi connectivity index (χ1n) is 9.52. The lowest BCUT2D eigenvalue weighted by Crippen LogP contribution is -2.49. The van der Waals surface area contributed by atoms with Crippen molar-refractivity contribution >= 4 is 22.9 Å². The maximum atomic E-state index is 12.2. The van der Waals surface area contributed by atoms with E-state index in [4.69, 9.17) is 4.74 Å². The first-order chi connectivity index (χ1) is 12.7. The smallest absolute Gasteiger partial charge is 0.407 e. The van der Waals surface area contributed by atoms with Crippen LogP contribution in [0, 0.1) is 6.92 Å². The number of nitrogens with zero attached hydrogens (tertiary/aromatic N) is 3. The minimum absolute atomic E-state index is 0.00268. The van der Waals surface area contributed by atoms with Crippen LogP contribution in [0.1, 0.15) is 46.2 Å². The summed E-state index contributed by atoms with van der Waals surface area (Å²) in [5.74, 6) is 0. The molecule has 3 rings (SSSR count). The highest BCUT2D eigenvalue weighted by Gasteiger charge is 2.26. The van der Waals surface area contributed by atoms with Crippen molar-refractivity contribution in [2.75, 3.05) is 18.0 Å². The summed E-state index contributed by atoms with van der Waals surface area (Å²) in [5.41, 5.74) is 2.59. The summed E-state index contributed by atoms with van der Waals surface area (Å²) in [4.78, 5) is 34.0. The number of H-pyrrole nitrogens is 1. The van der Waals surface area contributed by atoms with Crippen LogP contribution in [0.25, 0.3) is 11.2 Å². The number of carbonyl (C=O) groups is 1. The van der Waals surface area contributed by atoms with Crippen LogP contribution in [-0.4, -0.2) is 45.4 Å². The van der Waals surface area contributed by atoms with Gasteiger partial charge in [-0.25, -0.2) is 14.6 Å². The SMILES string of the molecule is CCn1c(=O)[nH]c2c(N3CCCC(NC(=O)OC(C)(C)C)C3)cc(C)nc21. The van der Waals surface area contributed by atoms with Crippen LogP contribution in [0.5, 0.6) is 0 Å². The summed E-state index contributed by atoms with van der Waals surface area (Å²) in [7, 11) is 0. The Hall–Kier alpha value is -2.51. The molecule has 2 aromatic heterocycles. The summed E-state index contributed by atoms with van der Waals surface area (Å²) in [6, 6.07) is 1.99. The van der Waals surface area contributed by atoms with E-state index in [1.807, 2.05) is 40.7 Å². The molecule has 1 amide bonds. The van der Waals surface area contributed by atoms with Crippen LogP contribution < -0.4 is 15.9 Å². The van der Waals surface area contributed by atoms with Crippen molar-refractivity contribution in [1.82, 2.24) is 19.9 Å². The summed E-state index contributed by atoms with van der Waals surface area (Å²) >= 11 is 0. The average Bonchev–Trinajstić information content (AvgIpc) is 2.87. The lowest BCUT2D eigenvalue weighted by atomic mass is 10.0. The number of amides is 1. The quantitative estimate of drug-likeness (QED) is 0.860. The van der Waals surface area contributed by atoms with Crippen LogP contribution in [0.4, 0.5) is 10.5 Å². The van der Waals surface area contributed by atoms with Gasteiger partial charge in [-0.05, 0) is 53.5 Å². The maximum Gasteiger partial charge on any atom is 0.407 e. The molecule has 8 nitrogen and oxygen atoms in total. The largest absolute Gasteiger partial charge is 0.444 e. The molecule has 0 aliphatic carbocycles. The number of hydrogen-bond donors (Lipinski definition) is 2. The summed E-state index contributed by atoms with van der Waals surface area (Å²) < 4.78 is 7.02. The Morgan fingerprint density at radius 2 is 2.19 bits per heavy atom. The second-order valence-electron chi connectivity index (χ2n) is 8.09. The van der Waals surface area contributed by atoms with Crippen LogP contribution in [0.3, 0.4) is 0 Å². The van der Waals surface area contributed by atoms with Crippen molar-refractivity contribution in [3.63, 3.8) is 0 Å². The first-order valence-corrected chi connectivity index (χ1v) is 9.52. The van der Waals surface area contributed by atoms with Gasteiger partial charge >= 0.3 is 11.8 Å². The van der Waals surface area contributed by atoms with Gasteiger partial charge in [-0.15, -0.1) is 0 Å². The highest BCUT2D eigenvalue weighted by molar-refractivity contribution is 5.86. The molecule has 0 spiro atoms. The molecule has 148 valence electrons. The molecular weight excluding hydrogens is 346 g/mol. The van der Waals surface area contributed by atoms with Gasteiger partial charge in [0, 0.05) is 31.4 Å². The zero-order valence-electron chi connectivity index (χ0n) is 16.8. The van der Waals surface area contributed by atoms with E-state index < -0.39 is 11.7 Å². The third kappa shape index (κ3) is 4.26. The Morgan fingerprint density at radius 3 is 2.85 bits per heavy atom. The van der Waals surface area contributed by atoms with Crippen molar-refractivity contribution in [2.24, 2.45) is 0 Å². The highest BCUT2D eigenvalue weighted by atomic mass is 16.6. The summed E-state index contributed by atoms with van der Waals surface area (Å²) in [6.45, 7) is 11.5. The molecule has 1 unspecified atom stereocenters. The van der Waals surface area contributed by atoms with Gasteiger partial charge in [0.1, 0.15) is 11.1 Å². The van der Waals surface area contributed by atoms with E-state index in [9.17, 15) is 9.59 Å². The molecule has 1 fully saturated rings. The first kappa shape index (κ1) is 19.3. The molecule has 0 bridgehead atoms. The molecule has 8 heteroatoms. The van der Waals surface area contributed by atoms with Gasteiger partial charge in [-0.3, -0.25) is 4.57 Å². The predicted molar refractivity (Wildman–Crippen MR) is 105 cm³/mol. The molecule has 1 atom stereocenters. The fraction of sp³-hybridized carbons (Fsp3) is 0.632. The second-order valence-corrected chi connectivity index (χ2v) is 8.09. The third-order valence-corrected chi connectivity index (χ3v) is 4.64. The fourth-order valence-corrected chi connectivity index (χ4v) is 3.56. The van der Waals surface area contributed by atoms with Crippen LogP contribution in [0.2, 0.25) is 0 Å². The Morgan fingerprint density at radius 1 is 1.44 bits per heavy atom. The number of nitrogens with one attached hydrogen (secondary N) is 2. The van der Waals surface area contributed by atoms with Crippen LogP contribution >= 0.6 is 0 Å². The van der Waals surface area contributed by atoms with E-state index in [1.165, 1.54) is 0 Å². The molecule has 3 heterocycles. The number of aromatic nitrogens is 3. The van der Waals surface area contributed by atoms with Crippen LogP contribution in [0.15, 0.2) is 10.9 Å². The Kier molecular flexibility index (Phi) is 5.17. The zero-order valence-corrected chi connectivity index (χ0v) is 16.8. The molecule has 0 aromatic carbocycles. The van der Waals surface area contributed by atoms with Crippen molar-refractivity contribution in [2.45, 2.75) is 65.6 Å². The number of fused-ring (bicyclic) bond motifs is 1. The monoisotopic (exact) mass is 375 g/mol. The van der Waals surface area contributed by atoms with Crippen molar-refractivity contribution < 1.29 is 9.53 Å². The molecule has 0 saturated carbocycles. The minimum Gasteiger partial charge on any atom is -0.444 e. The van der Waals surface area contributed by atoms with Crippen molar-refractivity contribution in [3.05, 3.63) is 22.2 Å². The number of imidazole rings is 1. The van der Waals surface area contributed by atoms with E-state index in [2.05, 4.69) is 20.2 Å². The van der Waals surface area contributed by atoms with Gasteiger partial charge in [0.15, 0.2) is 5.65 Å². The van der Waals surface area contributed by atoms with Gasteiger partial charge < -0.3 is 19.9 Å². The zero-order chi connectivity index (χ0) is 19.8. The molecule has 27 heavy (non-hydrogen) atoms. The van der Waals surface area contributed by atoms with Gasteiger partial charge in [0.05, 0.1) is 5.69 Å². The number of rotatable bonds is 3. The lowest BCUT2D eigenvalue weighted by molar-refractivity contribution is 0.0500. The van der Waals surface area contributed by atoms with Crippen molar-refractivity contribution in [1.29, 1.82) is 0 Å².